The van der Waals surface area contributed by atoms with Gasteiger partial charge in [-0.05, 0) is 42.8 Å². The van der Waals surface area contributed by atoms with Crippen molar-refractivity contribution in [1.29, 1.82) is 0 Å². The van der Waals surface area contributed by atoms with Crippen molar-refractivity contribution in [3.8, 4) is 0 Å². The van der Waals surface area contributed by atoms with E-state index in [1.807, 2.05) is 0 Å². The second-order valence-electron chi connectivity index (χ2n) is 7.82. The number of hydrogen-bond donors (Lipinski definition) is 1. The third-order valence-corrected chi connectivity index (χ3v) is 5.52. The maximum Gasteiger partial charge on any atom is 0.435 e. The van der Waals surface area contributed by atoms with E-state index in [1.165, 1.54) is 18.1 Å². The number of amides is 1. The van der Waals surface area contributed by atoms with Gasteiger partial charge >= 0.3 is 6.18 Å². The quantitative estimate of drug-likeness (QED) is 0.601. The lowest BCUT2D eigenvalue weighted by Gasteiger charge is -2.29. The summed E-state index contributed by atoms with van der Waals surface area (Å²) in [4.78, 5) is 19.4. The highest BCUT2D eigenvalue weighted by Crippen LogP contribution is 2.32. The third kappa shape index (κ3) is 4.60. The number of pyridine rings is 1. The Morgan fingerprint density at radius 3 is 2.64 bits per heavy atom. The van der Waals surface area contributed by atoms with Crippen LogP contribution >= 0.6 is 0 Å². The van der Waals surface area contributed by atoms with Crippen LogP contribution in [0.15, 0.2) is 30.3 Å². The number of carbonyl (C=O) groups is 1. The number of nitrogens with two attached hydrogens (primary N) is 1. The summed E-state index contributed by atoms with van der Waals surface area (Å²) in [6.07, 6.45) is -4.59. The predicted molar refractivity (Wildman–Crippen MR) is 113 cm³/mol. The SMILES string of the molecule is COC[C@@H](C)N(Cc1ccc(C(F)(F)F)nn1)C(=O)c1ccc2nc(N)c3c(c2c1)COC3. The second kappa shape index (κ2) is 8.91. The van der Waals surface area contributed by atoms with Gasteiger partial charge in [0, 0.05) is 23.6 Å². The summed E-state index contributed by atoms with van der Waals surface area (Å²) in [7, 11) is 1.51. The van der Waals surface area contributed by atoms with Crippen LogP contribution in [0.2, 0.25) is 0 Å². The molecule has 0 saturated carbocycles. The molecule has 0 unspecified atom stereocenters. The number of benzene rings is 1. The number of nitrogen functional groups attached to an aromatic ring is 1. The van der Waals surface area contributed by atoms with Gasteiger partial charge in [0.1, 0.15) is 5.82 Å². The lowest BCUT2D eigenvalue weighted by molar-refractivity contribution is -0.141. The van der Waals surface area contributed by atoms with Crippen molar-refractivity contribution in [3.63, 3.8) is 0 Å². The highest BCUT2D eigenvalue weighted by molar-refractivity contribution is 5.99. The first-order valence-corrected chi connectivity index (χ1v) is 10.2. The average Bonchev–Trinajstić information content (AvgIpc) is 3.28. The highest BCUT2D eigenvalue weighted by atomic mass is 19.4. The molecule has 1 aliphatic rings. The minimum atomic E-state index is -4.59. The van der Waals surface area contributed by atoms with Gasteiger partial charge in [-0.1, -0.05) is 0 Å². The normalized spacial score (nSPS) is 14.3. The Morgan fingerprint density at radius 2 is 1.97 bits per heavy atom. The lowest BCUT2D eigenvalue weighted by Crippen LogP contribution is -2.40. The van der Waals surface area contributed by atoms with Crippen LogP contribution in [0.5, 0.6) is 0 Å². The minimum absolute atomic E-state index is 0.0340. The molecular weight excluding hydrogens is 439 g/mol. The van der Waals surface area contributed by atoms with Crippen LogP contribution in [0.25, 0.3) is 10.9 Å². The molecule has 3 aromatic rings. The Morgan fingerprint density at radius 1 is 1.21 bits per heavy atom. The fourth-order valence-electron chi connectivity index (χ4n) is 3.80. The predicted octanol–water partition coefficient (Wildman–Crippen LogP) is 3.33. The number of anilines is 1. The molecular formula is C22H22F3N5O3. The smallest absolute Gasteiger partial charge is 0.383 e. The lowest BCUT2D eigenvalue weighted by atomic mass is 10.0. The Balaban J connectivity index is 1.67. The van der Waals surface area contributed by atoms with Crippen molar-refractivity contribution >= 4 is 22.6 Å². The number of fused-ring (bicyclic) bond motifs is 3. The fourth-order valence-corrected chi connectivity index (χ4v) is 3.80. The van der Waals surface area contributed by atoms with Gasteiger partial charge in [0.25, 0.3) is 5.91 Å². The molecule has 1 aliphatic heterocycles. The fraction of sp³-hybridized carbons (Fsp3) is 0.364. The van der Waals surface area contributed by atoms with Gasteiger partial charge in [-0.2, -0.15) is 18.3 Å². The molecule has 0 radical (unpaired) electrons. The number of nitrogens with zero attached hydrogens (tertiary/aromatic N) is 4. The van der Waals surface area contributed by atoms with Crippen LogP contribution < -0.4 is 5.73 Å². The zero-order chi connectivity index (χ0) is 23.8. The maximum atomic E-state index is 13.5. The van der Waals surface area contributed by atoms with Crippen molar-refractivity contribution in [3.05, 3.63) is 58.4 Å². The number of carbonyl (C=O) groups excluding carboxylic acids is 1. The van der Waals surface area contributed by atoms with Crippen LogP contribution in [-0.4, -0.2) is 45.7 Å². The molecule has 0 aliphatic carbocycles. The van der Waals surface area contributed by atoms with Crippen molar-refractivity contribution in [2.45, 2.75) is 38.9 Å². The number of alkyl halides is 3. The number of ether oxygens (including phenoxy) is 2. The Labute approximate surface area is 187 Å². The summed E-state index contributed by atoms with van der Waals surface area (Å²) in [6, 6.07) is 6.79. The Kier molecular flexibility index (Phi) is 6.17. The molecule has 1 atom stereocenters. The Bertz CT molecular complexity index is 1180. The van der Waals surface area contributed by atoms with Crippen LogP contribution in [0.4, 0.5) is 19.0 Å². The molecule has 33 heavy (non-hydrogen) atoms. The first-order chi connectivity index (χ1) is 15.7. The molecule has 8 nitrogen and oxygen atoms in total. The average molecular weight is 461 g/mol. The van der Waals surface area contributed by atoms with Crippen molar-refractivity contribution < 1.29 is 27.4 Å². The summed E-state index contributed by atoms with van der Waals surface area (Å²) in [5.74, 6) is 0.0814. The zero-order valence-electron chi connectivity index (χ0n) is 18.0. The van der Waals surface area contributed by atoms with E-state index in [1.54, 1.807) is 25.1 Å². The molecule has 0 saturated heterocycles. The zero-order valence-corrected chi connectivity index (χ0v) is 18.0. The largest absolute Gasteiger partial charge is 0.435 e. The van der Waals surface area contributed by atoms with Gasteiger partial charge in [0.2, 0.25) is 0 Å². The molecule has 2 N–H and O–H groups in total. The Hall–Kier alpha value is -3.31. The number of halogens is 3. The van der Waals surface area contributed by atoms with E-state index in [0.717, 1.165) is 22.6 Å². The van der Waals surface area contributed by atoms with Gasteiger partial charge in [-0.3, -0.25) is 4.79 Å². The molecule has 0 fully saturated rings. The molecule has 11 heteroatoms. The highest BCUT2D eigenvalue weighted by Gasteiger charge is 2.33. The van der Waals surface area contributed by atoms with Crippen LogP contribution in [0.3, 0.4) is 0 Å². The van der Waals surface area contributed by atoms with Crippen molar-refractivity contribution in [2.75, 3.05) is 19.5 Å². The number of hydrogen-bond acceptors (Lipinski definition) is 7. The van der Waals surface area contributed by atoms with Gasteiger partial charge in [0.15, 0.2) is 5.69 Å². The van der Waals surface area contributed by atoms with E-state index in [2.05, 4.69) is 15.2 Å². The van der Waals surface area contributed by atoms with Gasteiger partial charge in [-0.25, -0.2) is 4.98 Å². The first kappa shape index (κ1) is 22.9. The van der Waals surface area contributed by atoms with E-state index >= 15 is 0 Å². The van der Waals surface area contributed by atoms with E-state index in [-0.39, 0.29) is 30.8 Å². The van der Waals surface area contributed by atoms with Crippen molar-refractivity contribution in [2.24, 2.45) is 0 Å². The minimum Gasteiger partial charge on any atom is -0.383 e. The topological polar surface area (TPSA) is 103 Å². The van der Waals surface area contributed by atoms with E-state index in [0.29, 0.717) is 30.1 Å². The number of aromatic nitrogens is 3. The second-order valence-corrected chi connectivity index (χ2v) is 7.82. The summed E-state index contributed by atoms with van der Waals surface area (Å²) in [5.41, 5.74) is 7.91. The van der Waals surface area contributed by atoms with Gasteiger partial charge < -0.3 is 20.1 Å². The molecule has 174 valence electrons. The van der Waals surface area contributed by atoms with Crippen LogP contribution in [0, 0.1) is 0 Å². The number of methoxy groups -OCH3 is 1. The molecule has 2 aromatic heterocycles. The van der Waals surface area contributed by atoms with E-state index in [9.17, 15) is 18.0 Å². The molecule has 1 amide bonds. The monoisotopic (exact) mass is 461 g/mol. The molecule has 3 heterocycles. The van der Waals surface area contributed by atoms with Gasteiger partial charge in [-0.15, -0.1) is 5.10 Å². The maximum absolute atomic E-state index is 13.5. The molecule has 1 aromatic carbocycles. The first-order valence-electron chi connectivity index (χ1n) is 10.2. The van der Waals surface area contributed by atoms with Gasteiger partial charge in [0.05, 0.1) is 43.6 Å². The van der Waals surface area contributed by atoms with E-state index < -0.39 is 11.9 Å². The standard InChI is InChI=1S/C22H22F3N5O3/c1-12(9-32-2)30(8-14-4-6-19(29-28-14)22(23,24)25)21(31)13-3-5-18-15(7-13)16-10-33-11-17(16)20(26)27-18/h3-7,12H,8-11H2,1-2H3,(H2,26,27)/t12-/m1/s1. The molecule has 0 spiro atoms. The van der Waals surface area contributed by atoms with E-state index in [4.69, 9.17) is 15.2 Å². The third-order valence-electron chi connectivity index (χ3n) is 5.52. The summed E-state index contributed by atoms with van der Waals surface area (Å²) < 4.78 is 49.1. The number of rotatable bonds is 6. The van der Waals surface area contributed by atoms with Crippen molar-refractivity contribution in [1.82, 2.24) is 20.1 Å². The molecule has 0 bridgehead atoms. The summed E-state index contributed by atoms with van der Waals surface area (Å²) >= 11 is 0. The summed E-state index contributed by atoms with van der Waals surface area (Å²) in [6.45, 7) is 2.73. The molecule has 4 rings (SSSR count). The van der Waals surface area contributed by atoms with Crippen LogP contribution in [-0.2, 0) is 35.4 Å². The summed E-state index contributed by atoms with van der Waals surface area (Å²) in [5, 5.41) is 7.69. The van der Waals surface area contributed by atoms with Crippen LogP contribution in [0.1, 0.15) is 39.8 Å².